The van der Waals surface area contributed by atoms with E-state index in [0.29, 0.717) is 22.8 Å². The highest BCUT2D eigenvalue weighted by atomic mass is 16.5. The predicted molar refractivity (Wildman–Crippen MR) is 67.4 cm³/mol. The van der Waals surface area contributed by atoms with Crippen LogP contribution in [0.1, 0.15) is 40.5 Å². The van der Waals surface area contributed by atoms with Crippen molar-refractivity contribution in [1.29, 1.82) is 0 Å². The number of hydrogen-bond acceptors (Lipinski definition) is 2. The van der Waals surface area contributed by atoms with Gasteiger partial charge in [-0.05, 0) is 42.6 Å². The molecule has 1 heterocycles. The third kappa shape index (κ3) is 1.70. The summed E-state index contributed by atoms with van der Waals surface area (Å²) >= 11 is 0. The van der Waals surface area contributed by atoms with E-state index >= 15 is 0 Å². The van der Waals surface area contributed by atoms with Gasteiger partial charge >= 0.3 is 0 Å². The molecule has 1 saturated heterocycles. The number of nitrogens with one attached hydrogen (secondary N) is 1. The molecule has 1 saturated carbocycles. The van der Waals surface area contributed by atoms with Crippen molar-refractivity contribution in [2.75, 3.05) is 20.3 Å². The van der Waals surface area contributed by atoms with Gasteiger partial charge in [-0.1, -0.05) is 27.7 Å². The fraction of sp³-hybridized carbons (Fsp3) is 1.00. The van der Waals surface area contributed by atoms with Gasteiger partial charge in [0.25, 0.3) is 0 Å². The highest BCUT2D eigenvalue weighted by Gasteiger charge is 2.67. The zero-order valence-electron chi connectivity index (χ0n) is 11.5. The summed E-state index contributed by atoms with van der Waals surface area (Å²) in [6.45, 7) is 11.5. The Labute approximate surface area is 100 Å². The predicted octanol–water partition coefficient (Wildman–Crippen LogP) is 2.68. The SMILES string of the molecule is CNC(C1CCCOC1)C1C(C)(C)C1(C)C. The van der Waals surface area contributed by atoms with E-state index in [9.17, 15) is 0 Å². The van der Waals surface area contributed by atoms with Crippen LogP contribution in [0.4, 0.5) is 0 Å². The first-order chi connectivity index (χ1) is 7.43. The van der Waals surface area contributed by atoms with Crippen LogP contribution in [0.25, 0.3) is 0 Å². The molecule has 0 aromatic carbocycles. The van der Waals surface area contributed by atoms with E-state index in [-0.39, 0.29) is 0 Å². The molecule has 0 radical (unpaired) electrons. The zero-order valence-corrected chi connectivity index (χ0v) is 11.5. The van der Waals surface area contributed by atoms with Crippen LogP contribution in [0, 0.1) is 22.7 Å². The van der Waals surface area contributed by atoms with Crippen LogP contribution in [0.3, 0.4) is 0 Å². The average molecular weight is 225 g/mol. The highest BCUT2D eigenvalue weighted by Crippen LogP contribution is 2.70. The Kier molecular flexibility index (Phi) is 3.09. The number of hydrogen-bond donors (Lipinski definition) is 1. The second kappa shape index (κ2) is 3.99. The fourth-order valence-corrected chi connectivity index (χ4v) is 3.87. The lowest BCUT2D eigenvalue weighted by Crippen LogP contribution is -2.41. The van der Waals surface area contributed by atoms with E-state index in [4.69, 9.17) is 4.74 Å². The van der Waals surface area contributed by atoms with Crippen molar-refractivity contribution in [3.63, 3.8) is 0 Å². The van der Waals surface area contributed by atoms with E-state index < -0.39 is 0 Å². The molecule has 2 nitrogen and oxygen atoms in total. The molecular formula is C14H27NO. The molecule has 2 rings (SSSR count). The van der Waals surface area contributed by atoms with Crippen molar-refractivity contribution in [2.24, 2.45) is 22.7 Å². The molecule has 1 N–H and O–H groups in total. The van der Waals surface area contributed by atoms with Gasteiger partial charge in [-0.25, -0.2) is 0 Å². The Morgan fingerprint density at radius 3 is 2.19 bits per heavy atom. The molecule has 0 aromatic heterocycles. The zero-order chi connectivity index (χ0) is 12.0. The minimum atomic E-state index is 0.470. The molecular weight excluding hydrogens is 198 g/mol. The summed E-state index contributed by atoms with van der Waals surface area (Å²) in [5.41, 5.74) is 0.941. The average Bonchev–Trinajstić information content (AvgIpc) is 2.64. The monoisotopic (exact) mass is 225 g/mol. The van der Waals surface area contributed by atoms with E-state index in [2.05, 4.69) is 40.1 Å². The first-order valence-corrected chi connectivity index (χ1v) is 6.68. The maximum Gasteiger partial charge on any atom is 0.0509 e. The third-order valence-corrected chi connectivity index (χ3v) is 5.53. The Hall–Kier alpha value is -0.0800. The molecule has 0 spiro atoms. The van der Waals surface area contributed by atoms with Gasteiger partial charge in [0, 0.05) is 12.6 Å². The van der Waals surface area contributed by atoms with E-state index in [0.717, 1.165) is 19.1 Å². The third-order valence-electron chi connectivity index (χ3n) is 5.53. The topological polar surface area (TPSA) is 21.3 Å². The summed E-state index contributed by atoms with van der Waals surface area (Å²) in [5.74, 6) is 1.50. The molecule has 16 heavy (non-hydrogen) atoms. The van der Waals surface area contributed by atoms with Crippen molar-refractivity contribution in [3.05, 3.63) is 0 Å². The van der Waals surface area contributed by atoms with Crippen LogP contribution >= 0.6 is 0 Å². The molecule has 1 aliphatic carbocycles. The van der Waals surface area contributed by atoms with Crippen molar-refractivity contribution < 1.29 is 4.74 Å². The summed E-state index contributed by atoms with van der Waals surface area (Å²) in [4.78, 5) is 0. The summed E-state index contributed by atoms with van der Waals surface area (Å²) in [6, 6.07) is 0.630. The molecule has 94 valence electrons. The molecule has 2 aliphatic rings. The van der Waals surface area contributed by atoms with Gasteiger partial charge in [-0.15, -0.1) is 0 Å². The smallest absolute Gasteiger partial charge is 0.0509 e. The van der Waals surface area contributed by atoms with Crippen LogP contribution in [-0.4, -0.2) is 26.3 Å². The van der Waals surface area contributed by atoms with E-state index in [1.807, 2.05) is 0 Å². The van der Waals surface area contributed by atoms with Gasteiger partial charge in [0.1, 0.15) is 0 Å². The molecule has 0 bridgehead atoms. The van der Waals surface area contributed by atoms with Crippen molar-refractivity contribution >= 4 is 0 Å². The van der Waals surface area contributed by atoms with Crippen molar-refractivity contribution in [1.82, 2.24) is 5.32 Å². The van der Waals surface area contributed by atoms with Gasteiger partial charge in [0.05, 0.1) is 6.61 Å². The second-order valence-electron chi connectivity index (χ2n) is 6.71. The molecule has 2 heteroatoms. The second-order valence-corrected chi connectivity index (χ2v) is 6.71. The Bertz CT molecular complexity index is 239. The van der Waals surface area contributed by atoms with Gasteiger partial charge in [0.2, 0.25) is 0 Å². The standard InChI is InChI=1S/C14H27NO/c1-13(2)12(14(13,3)4)11(15-5)10-7-6-8-16-9-10/h10-12,15H,6-9H2,1-5H3. The van der Waals surface area contributed by atoms with Crippen molar-refractivity contribution in [2.45, 2.75) is 46.6 Å². The molecule has 0 aromatic rings. The first kappa shape index (κ1) is 12.4. The van der Waals surface area contributed by atoms with Crippen LogP contribution in [0.5, 0.6) is 0 Å². The minimum absolute atomic E-state index is 0.470. The molecule has 1 aliphatic heterocycles. The molecule has 2 atom stereocenters. The van der Waals surface area contributed by atoms with Crippen molar-refractivity contribution in [3.8, 4) is 0 Å². The maximum absolute atomic E-state index is 5.64. The Balaban J connectivity index is 2.06. The molecule has 2 unspecified atom stereocenters. The van der Waals surface area contributed by atoms with Gasteiger partial charge < -0.3 is 10.1 Å². The van der Waals surface area contributed by atoms with Crippen LogP contribution < -0.4 is 5.32 Å². The normalized spacial score (nSPS) is 34.7. The van der Waals surface area contributed by atoms with Crippen LogP contribution in [0.2, 0.25) is 0 Å². The minimum Gasteiger partial charge on any atom is -0.381 e. The maximum atomic E-state index is 5.64. The summed E-state index contributed by atoms with van der Waals surface area (Å²) < 4.78 is 5.64. The number of rotatable bonds is 3. The van der Waals surface area contributed by atoms with Crippen LogP contribution in [-0.2, 0) is 4.74 Å². The van der Waals surface area contributed by atoms with Crippen LogP contribution in [0.15, 0.2) is 0 Å². The van der Waals surface area contributed by atoms with E-state index in [1.54, 1.807) is 0 Å². The molecule has 2 fully saturated rings. The fourth-order valence-electron chi connectivity index (χ4n) is 3.87. The largest absolute Gasteiger partial charge is 0.381 e. The summed E-state index contributed by atoms with van der Waals surface area (Å²) in [5, 5.41) is 3.56. The van der Waals surface area contributed by atoms with Gasteiger partial charge in [-0.3, -0.25) is 0 Å². The first-order valence-electron chi connectivity index (χ1n) is 6.68. The number of ether oxygens (including phenoxy) is 1. The lowest BCUT2D eigenvalue weighted by molar-refractivity contribution is 0.0338. The summed E-state index contributed by atoms with van der Waals surface area (Å²) in [7, 11) is 2.11. The Morgan fingerprint density at radius 2 is 1.81 bits per heavy atom. The quantitative estimate of drug-likeness (QED) is 0.797. The molecule has 0 amide bonds. The van der Waals surface area contributed by atoms with Gasteiger partial charge in [-0.2, -0.15) is 0 Å². The lowest BCUT2D eigenvalue weighted by atomic mass is 9.87. The lowest BCUT2D eigenvalue weighted by Gasteiger charge is -2.31. The Morgan fingerprint density at radius 1 is 1.19 bits per heavy atom. The van der Waals surface area contributed by atoms with Gasteiger partial charge in [0.15, 0.2) is 0 Å². The highest BCUT2D eigenvalue weighted by molar-refractivity contribution is 5.17. The summed E-state index contributed by atoms with van der Waals surface area (Å²) in [6.07, 6.45) is 2.56. The van der Waals surface area contributed by atoms with E-state index in [1.165, 1.54) is 12.8 Å².